The van der Waals surface area contributed by atoms with E-state index in [0.29, 0.717) is 19.0 Å². The van der Waals surface area contributed by atoms with Gasteiger partial charge in [-0.3, -0.25) is 9.59 Å². The minimum Gasteiger partial charge on any atom is -0.466 e. The van der Waals surface area contributed by atoms with Gasteiger partial charge in [0.25, 0.3) is 0 Å². The molecular formula is C10H16O4S. The molecule has 1 aliphatic rings. The van der Waals surface area contributed by atoms with Crippen molar-refractivity contribution >= 4 is 23.5 Å². The molecule has 15 heavy (non-hydrogen) atoms. The van der Waals surface area contributed by atoms with E-state index in [4.69, 9.17) is 9.47 Å². The van der Waals surface area contributed by atoms with Crippen molar-refractivity contribution in [1.82, 2.24) is 0 Å². The van der Waals surface area contributed by atoms with E-state index in [9.17, 15) is 9.59 Å². The Morgan fingerprint density at radius 3 is 2.87 bits per heavy atom. The summed E-state index contributed by atoms with van der Waals surface area (Å²) in [4.78, 5) is 22.6. The molecule has 1 fully saturated rings. The van der Waals surface area contributed by atoms with Crippen molar-refractivity contribution in [3.63, 3.8) is 0 Å². The molecule has 1 saturated heterocycles. The number of Topliss-reactive ketones (excluding diaryl/α,β-unsaturated/α-hetero) is 1. The van der Waals surface area contributed by atoms with Crippen molar-refractivity contribution in [2.24, 2.45) is 0 Å². The highest BCUT2D eigenvalue weighted by Gasteiger charge is 2.22. The van der Waals surface area contributed by atoms with Crippen LogP contribution in [0.25, 0.3) is 0 Å². The normalized spacial score (nSPS) is 21.0. The minimum absolute atomic E-state index is 0.00949. The monoisotopic (exact) mass is 232 g/mol. The molecule has 5 heteroatoms. The molecule has 0 aromatic rings. The average molecular weight is 232 g/mol. The van der Waals surface area contributed by atoms with Crippen LogP contribution in [0.3, 0.4) is 0 Å². The zero-order chi connectivity index (χ0) is 11.1. The fraction of sp³-hybridized carbons (Fsp3) is 0.800. The molecule has 1 atom stereocenters. The van der Waals surface area contributed by atoms with Gasteiger partial charge in [0.2, 0.25) is 0 Å². The zero-order valence-electron chi connectivity index (χ0n) is 8.86. The first-order chi connectivity index (χ1) is 7.24. The Kier molecular flexibility index (Phi) is 5.71. The number of hydrogen-bond acceptors (Lipinski definition) is 5. The van der Waals surface area contributed by atoms with Crippen molar-refractivity contribution in [3.8, 4) is 0 Å². The molecule has 0 saturated carbocycles. The van der Waals surface area contributed by atoms with Crippen LogP contribution in [0.1, 0.15) is 19.8 Å². The summed E-state index contributed by atoms with van der Waals surface area (Å²) in [5.74, 6) is 1.35. The number of esters is 1. The highest BCUT2D eigenvalue weighted by atomic mass is 32.2. The predicted molar refractivity (Wildman–Crippen MR) is 57.9 cm³/mol. The van der Waals surface area contributed by atoms with Crippen LogP contribution in [-0.4, -0.2) is 42.6 Å². The molecule has 0 bridgehead atoms. The Balaban J connectivity index is 2.19. The maximum Gasteiger partial charge on any atom is 0.306 e. The van der Waals surface area contributed by atoms with E-state index < -0.39 is 0 Å². The molecule has 0 spiro atoms. The lowest BCUT2D eigenvalue weighted by Gasteiger charge is -2.20. The van der Waals surface area contributed by atoms with Crippen LogP contribution in [0.15, 0.2) is 0 Å². The van der Waals surface area contributed by atoms with E-state index in [2.05, 4.69) is 0 Å². The molecule has 0 amide bonds. The van der Waals surface area contributed by atoms with Gasteiger partial charge in [0.1, 0.15) is 6.10 Å². The van der Waals surface area contributed by atoms with Crippen molar-refractivity contribution in [2.75, 3.05) is 24.7 Å². The fourth-order valence-corrected chi connectivity index (χ4v) is 2.17. The van der Waals surface area contributed by atoms with Gasteiger partial charge in [-0.15, -0.1) is 0 Å². The zero-order valence-corrected chi connectivity index (χ0v) is 9.68. The van der Waals surface area contributed by atoms with Gasteiger partial charge >= 0.3 is 5.97 Å². The maximum atomic E-state index is 11.6. The third-order valence-electron chi connectivity index (χ3n) is 2.06. The second kappa shape index (κ2) is 6.85. The van der Waals surface area contributed by atoms with Gasteiger partial charge in [-0.05, 0) is 6.92 Å². The molecular weight excluding hydrogens is 216 g/mol. The van der Waals surface area contributed by atoms with E-state index in [1.165, 1.54) is 0 Å². The first-order valence-electron chi connectivity index (χ1n) is 5.11. The number of ketones is 1. The van der Waals surface area contributed by atoms with Crippen LogP contribution >= 0.6 is 11.8 Å². The SMILES string of the molecule is CCOC(=O)CCC(=O)C1CSCCO1. The second-order valence-corrected chi connectivity index (χ2v) is 4.36. The first-order valence-corrected chi connectivity index (χ1v) is 6.27. The molecule has 0 radical (unpaired) electrons. The summed E-state index contributed by atoms with van der Waals surface area (Å²) in [6.07, 6.45) is 0.0690. The number of carbonyl (C=O) groups is 2. The topological polar surface area (TPSA) is 52.6 Å². The Morgan fingerprint density at radius 2 is 2.27 bits per heavy atom. The lowest BCUT2D eigenvalue weighted by Crippen LogP contribution is -2.31. The van der Waals surface area contributed by atoms with Gasteiger partial charge in [0, 0.05) is 17.9 Å². The maximum absolute atomic E-state index is 11.6. The molecule has 0 aromatic heterocycles. The quantitative estimate of drug-likeness (QED) is 0.663. The van der Waals surface area contributed by atoms with Gasteiger partial charge < -0.3 is 9.47 Å². The smallest absolute Gasteiger partial charge is 0.306 e. The Morgan fingerprint density at radius 1 is 1.47 bits per heavy atom. The van der Waals surface area contributed by atoms with Crippen molar-refractivity contribution in [1.29, 1.82) is 0 Å². The number of carbonyl (C=O) groups excluding carboxylic acids is 2. The van der Waals surface area contributed by atoms with E-state index in [1.807, 2.05) is 0 Å². The van der Waals surface area contributed by atoms with Crippen LogP contribution in [-0.2, 0) is 19.1 Å². The van der Waals surface area contributed by atoms with Crippen molar-refractivity contribution < 1.29 is 19.1 Å². The third-order valence-corrected chi connectivity index (χ3v) is 3.05. The summed E-state index contributed by atoms with van der Waals surface area (Å²) in [5, 5.41) is 0. The van der Waals surface area contributed by atoms with Crippen LogP contribution in [0.4, 0.5) is 0 Å². The summed E-state index contributed by atoms with van der Waals surface area (Å²) in [5.41, 5.74) is 0. The highest BCUT2D eigenvalue weighted by molar-refractivity contribution is 7.99. The van der Waals surface area contributed by atoms with E-state index >= 15 is 0 Å². The number of rotatable bonds is 5. The van der Waals surface area contributed by atoms with Crippen molar-refractivity contribution in [2.45, 2.75) is 25.9 Å². The number of ether oxygens (including phenoxy) is 2. The highest BCUT2D eigenvalue weighted by Crippen LogP contribution is 2.15. The Labute approximate surface area is 93.7 Å². The first kappa shape index (κ1) is 12.5. The fourth-order valence-electron chi connectivity index (χ4n) is 1.29. The van der Waals surface area contributed by atoms with Crippen LogP contribution in [0.5, 0.6) is 0 Å². The van der Waals surface area contributed by atoms with Crippen molar-refractivity contribution in [3.05, 3.63) is 0 Å². The lowest BCUT2D eigenvalue weighted by atomic mass is 10.1. The third kappa shape index (κ3) is 4.66. The standard InChI is InChI=1S/C10H16O4S/c1-2-13-10(12)4-3-8(11)9-7-15-6-5-14-9/h9H,2-7H2,1H3. The summed E-state index contributed by atoms with van der Waals surface area (Å²) in [6.45, 7) is 2.74. The van der Waals surface area contributed by atoms with Gasteiger partial charge in [-0.1, -0.05) is 0 Å². The average Bonchev–Trinajstić information content (AvgIpc) is 2.27. The predicted octanol–water partition coefficient (Wildman–Crippen LogP) is 1.03. The van der Waals surface area contributed by atoms with Crippen LogP contribution in [0, 0.1) is 0 Å². The van der Waals surface area contributed by atoms with Gasteiger partial charge in [-0.2, -0.15) is 11.8 Å². The Bertz CT molecular complexity index is 223. The minimum atomic E-state index is -0.321. The van der Waals surface area contributed by atoms with Gasteiger partial charge in [-0.25, -0.2) is 0 Å². The van der Waals surface area contributed by atoms with E-state index in [1.54, 1.807) is 18.7 Å². The second-order valence-electron chi connectivity index (χ2n) is 3.21. The summed E-state index contributed by atoms with van der Waals surface area (Å²) < 4.78 is 10.1. The molecule has 0 N–H and O–H groups in total. The molecule has 1 unspecified atom stereocenters. The molecule has 1 heterocycles. The molecule has 0 aromatic carbocycles. The van der Waals surface area contributed by atoms with Crippen LogP contribution in [0.2, 0.25) is 0 Å². The number of hydrogen-bond donors (Lipinski definition) is 0. The van der Waals surface area contributed by atoms with Gasteiger partial charge in [0.05, 0.1) is 19.6 Å². The largest absolute Gasteiger partial charge is 0.466 e. The Hall–Kier alpha value is -0.550. The molecule has 4 nitrogen and oxygen atoms in total. The van der Waals surface area contributed by atoms with E-state index in [-0.39, 0.29) is 30.7 Å². The molecule has 0 aliphatic carbocycles. The number of thioether (sulfide) groups is 1. The summed E-state index contributed by atoms with van der Waals surface area (Å²) in [6, 6.07) is 0. The van der Waals surface area contributed by atoms with E-state index in [0.717, 1.165) is 5.75 Å². The molecule has 86 valence electrons. The van der Waals surface area contributed by atoms with Crippen LogP contribution < -0.4 is 0 Å². The summed E-state index contributed by atoms with van der Waals surface area (Å²) in [7, 11) is 0. The lowest BCUT2D eigenvalue weighted by molar-refractivity contribution is -0.145. The van der Waals surface area contributed by atoms with Gasteiger partial charge in [0.15, 0.2) is 5.78 Å². The summed E-state index contributed by atoms with van der Waals surface area (Å²) >= 11 is 1.71. The molecule has 1 rings (SSSR count). The molecule has 1 aliphatic heterocycles.